The topological polar surface area (TPSA) is 70.3 Å². The Hall–Kier alpha value is -1.86. The van der Waals surface area contributed by atoms with E-state index in [-0.39, 0.29) is 0 Å². The Morgan fingerprint density at radius 2 is 2.07 bits per heavy atom. The molecule has 0 aromatic heterocycles. The Kier molecular flexibility index (Phi) is 7.64. The number of nitriles is 1. The van der Waals surface area contributed by atoms with Gasteiger partial charge in [-0.2, -0.15) is 10.5 Å². The second-order valence-electron chi connectivity index (χ2n) is 2.65. The molecule has 0 radical (unpaired) electrons. The maximum Gasteiger partial charge on any atom is 0.372 e. The van der Waals surface area contributed by atoms with E-state index in [2.05, 4.69) is 4.89 Å². The van der Waals surface area contributed by atoms with Crippen LogP contribution in [0.15, 0.2) is 30.3 Å². The third-order valence-electron chi connectivity index (χ3n) is 1.45. The molecule has 0 fully saturated rings. The fraction of sp³-hybridized carbons (Fsp3) is 0.273. The summed E-state index contributed by atoms with van der Waals surface area (Å²) >= 11 is 0. The minimum Gasteiger partial charge on any atom is -0.296 e. The first-order valence-electron chi connectivity index (χ1n) is 4.54. The second-order valence-corrected chi connectivity index (χ2v) is 2.65. The highest BCUT2D eigenvalue weighted by atomic mass is 17.1. The van der Waals surface area contributed by atoms with E-state index in [1.54, 1.807) is 30.3 Å². The van der Waals surface area contributed by atoms with Crippen molar-refractivity contribution in [1.29, 1.82) is 5.26 Å². The van der Waals surface area contributed by atoms with E-state index in [0.29, 0.717) is 12.0 Å². The zero-order valence-electron chi connectivity index (χ0n) is 8.51. The minimum atomic E-state index is -0.736. The first-order chi connectivity index (χ1) is 7.26. The van der Waals surface area contributed by atoms with E-state index in [0.717, 1.165) is 6.42 Å². The molecule has 0 aliphatic heterocycles. The van der Waals surface area contributed by atoms with Gasteiger partial charge in [0, 0.05) is 6.42 Å². The number of unbranched alkanes of at least 4 members (excludes halogenated alkanes) is 1. The van der Waals surface area contributed by atoms with Crippen LogP contribution in [0.4, 0.5) is 0 Å². The highest BCUT2D eigenvalue weighted by molar-refractivity contribution is 5.88. The van der Waals surface area contributed by atoms with Crippen molar-refractivity contribution in [3.8, 4) is 6.07 Å². The van der Waals surface area contributed by atoms with Gasteiger partial charge in [-0.1, -0.05) is 25.1 Å². The second kappa shape index (κ2) is 8.73. The number of hydrogen-bond donors (Lipinski definition) is 1. The summed E-state index contributed by atoms with van der Waals surface area (Å²) in [7, 11) is 0. The van der Waals surface area contributed by atoms with Crippen LogP contribution in [0.2, 0.25) is 0 Å². The molecule has 4 heteroatoms. The van der Waals surface area contributed by atoms with Crippen molar-refractivity contribution in [1.82, 2.24) is 0 Å². The molecule has 0 spiro atoms. The number of hydrogen-bond acceptors (Lipinski definition) is 4. The Labute approximate surface area is 88.7 Å². The molecule has 1 N–H and O–H groups in total. The van der Waals surface area contributed by atoms with E-state index < -0.39 is 5.97 Å². The normalized spacial score (nSPS) is 8.07. The summed E-state index contributed by atoms with van der Waals surface area (Å²) in [6, 6.07) is 10.3. The van der Waals surface area contributed by atoms with Crippen molar-refractivity contribution in [3.63, 3.8) is 0 Å². The molecule has 0 bridgehead atoms. The number of carbonyl (C=O) groups excluding carboxylic acids is 1. The summed E-state index contributed by atoms with van der Waals surface area (Å²) in [5.74, 6) is -0.736. The summed E-state index contributed by atoms with van der Waals surface area (Å²) in [6.45, 7) is 1.99. The molecule has 1 rings (SSSR count). The summed E-state index contributed by atoms with van der Waals surface area (Å²) in [4.78, 5) is 14.0. The first kappa shape index (κ1) is 13.1. The van der Waals surface area contributed by atoms with Gasteiger partial charge in [-0.05, 0) is 18.6 Å². The lowest BCUT2D eigenvalue weighted by molar-refractivity contribution is -0.182. The van der Waals surface area contributed by atoms with Gasteiger partial charge in [0.25, 0.3) is 0 Å². The molecular weight excluding hydrogens is 194 g/mol. The van der Waals surface area contributed by atoms with Gasteiger partial charge in [0.1, 0.15) is 0 Å². The summed E-state index contributed by atoms with van der Waals surface area (Å²) < 4.78 is 0. The van der Waals surface area contributed by atoms with E-state index in [9.17, 15) is 4.79 Å². The van der Waals surface area contributed by atoms with Crippen LogP contribution in [-0.4, -0.2) is 11.2 Å². The van der Waals surface area contributed by atoms with Crippen LogP contribution in [0.25, 0.3) is 0 Å². The first-order valence-corrected chi connectivity index (χ1v) is 4.54. The van der Waals surface area contributed by atoms with Gasteiger partial charge < -0.3 is 0 Å². The molecule has 4 nitrogen and oxygen atoms in total. The monoisotopic (exact) mass is 207 g/mol. The fourth-order valence-corrected chi connectivity index (χ4v) is 0.739. The van der Waals surface area contributed by atoms with Gasteiger partial charge in [0.2, 0.25) is 0 Å². The molecule has 0 atom stereocenters. The molecule has 0 amide bonds. The van der Waals surface area contributed by atoms with Crippen LogP contribution in [-0.2, 0) is 4.89 Å². The van der Waals surface area contributed by atoms with Crippen molar-refractivity contribution in [3.05, 3.63) is 35.9 Å². The van der Waals surface area contributed by atoms with Gasteiger partial charge in [-0.3, -0.25) is 4.89 Å². The molecule has 0 aliphatic carbocycles. The van der Waals surface area contributed by atoms with Crippen LogP contribution in [0, 0.1) is 11.3 Å². The summed E-state index contributed by atoms with van der Waals surface area (Å²) in [5, 5.41) is 15.8. The van der Waals surface area contributed by atoms with Gasteiger partial charge in [0.05, 0.1) is 11.6 Å². The number of rotatable bonds is 2. The zero-order valence-corrected chi connectivity index (χ0v) is 8.51. The van der Waals surface area contributed by atoms with Gasteiger partial charge in [-0.15, -0.1) is 0 Å². The van der Waals surface area contributed by atoms with Crippen molar-refractivity contribution in [2.24, 2.45) is 0 Å². The average molecular weight is 207 g/mol. The Morgan fingerprint density at radius 3 is 2.40 bits per heavy atom. The Balaban J connectivity index is 0.000000336. The van der Waals surface area contributed by atoms with Crippen LogP contribution in [0.5, 0.6) is 0 Å². The molecule has 0 heterocycles. The Morgan fingerprint density at radius 1 is 1.47 bits per heavy atom. The standard InChI is InChI=1S/C7H6O3.C4H7N/c8-7(10-9)6-4-2-1-3-5-6;1-2-3-4-5/h1-5,9H;2-3H2,1H3. The molecular formula is C11H13NO3. The van der Waals surface area contributed by atoms with Crippen LogP contribution < -0.4 is 0 Å². The van der Waals surface area contributed by atoms with Gasteiger partial charge >= 0.3 is 5.97 Å². The predicted octanol–water partition coefficient (Wildman–Crippen LogP) is 2.63. The third-order valence-corrected chi connectivity index (χ3v) is 1.45. The molecule has 1 aromatic carbocycles. The van der Waals surface area contributed by atoms with E-state index in [1.807, 2.05) is 13.0 Å². The molecule has 0 saturated heterocycles. The SMILES string of the molecule is CCCC#N.O=C(OO)c1ccccc1. The van der Waals surface area contributed by atoms with Crippen molar-refractivity contribution in [2.45, 2.75) is 19.8 Å². The number of carbonyl (C=O) groups is 1. The largest absolute Gasteiger partial charge is 0.372 e. The third kappa shape index (κ3) is 6.24. The summed E-state index contributed by atoms with van der Waals surface area (Å²) in [6.07, 6.45) is 1.68. The van der Waals surface area contributed by atoms with E-state index in [4.69, 9.17) is 10.5 Å². The molecule has 1 aromatic rings. The predicted molar refractivity (Wildman–Crippen MR) is 55.0 cm³/mol. The van der Waals surface area contributed by atoms with Gasteiger partial charge in [-0.25, -0.2) is 4.79 Å². The highest BCUT2D eigenvalue weighted by Crippen LogP contribution is 1.98. The van der Waals surface area contributed by atoms with Gasteiger partial charge in [0.15, 0.2) is 0 Å². The van der Waals surface area contributed by atoms with Crippen LogP contribution in [0.1, 0.15) is 30.1 Å². The number of nitrogens with zero attached hydrogens (tertiary/aromatic N) is 1. The quantitative estimate of drug-likeness (QED) is 0.597. The van der Waals surface area contributed by atoms with E-state index in [1.165, 1.54) is 0 Å². The molecule has 0 unspecified atom stereocenters. The van der Waals surface area contributed by atoms with Crippen LogP contribution >= 0.6 is 0 Å². The van der Waals surface area contributed by atoms with E-state index >= 15 is 0 Å². The lowest BCUT2D eigenvalue weighted by atomic mass is 10.2. The van der Waals surface area contributed by atoms with Crippen molar-refractivity contribution < 1.29 is 14.9 Å². The smallest absolute Gasteiger partial charge is 0.296 e. The Bertz CT molecular complexity index is 316. The highest BCUT2D eigenvalue weighted by Gasteiger charge is 2.02. The maximum absolute atomic E-state index is 10.5. The minimum absolute atomic E-state index is 0.338. The fourth-order valence-electron chi connectivity index (χ4n) is 0.739. The molecule has 15 heavy (non-hydrogen) atoms. The molecule has 0 saturated carbocycles. The van der Waals surface area contributed by atoms with Crippen molar-refractivity contribution >= 4 is 5.97 Å². The molecule has 0 aliphatic rings. The summed E-state index contributed by atoms with van der Waals surface area (Å²) in [5.41, 5.74) is 0.338. The van der Waals surface area contributed by atoms with Crippen LogP contribution in [0.3, 0.4) is 0 Å². The maximum atomic E-state index is 10.5. The lowest BCUT2D eigenvalue weighted by Crippen LogP contribution is -2.00. The average Bonchev–Trinajstić information content (AvgIpc) is 2.31. The zero-order chi connectivity index (χ0) is 11.5. The number of benzene rings is 1. The lowest BCUT2D eigenvalue weighted by Gasteiger charge is -1.92. The van der Waals surface area contributed by atoms with Crippen molar-refractivity contribution in [2.75, 3.05) is 0 Å². The molecule has 80 valence electrons.